The van der Waals surface area contributed by atoms with Crippen LogP contribution in [0.15, 0.2) is 34.3 Å². The van der Waals surface area contributed by atoms with Crippen LogP contribution in [0.2, 0.25) is 0 Å². The Labute approximate surface area is 720 Å². The van der Waals surface area contributed by atoms with Gasteiger partial charge >= 0.3 is 5.97 Å². The number of benzene rings is 1. The number of aliphatic hydroxyl groups is 2. The highest BCUT2D eigenvalue weighted by Crippen LogP contribution is 2.22. The molecule has 46 nitrogen and oxygen atoms in total. The summed E-state index contributed by atoms with van der Waals surface area (Å²) in [6.45, 7) is 13.1. The van der Waals surface area contributed by atoms with Gasteiger partial charge in [-0.3, -0.25) is 86.7 Å². The molecule has 0 saturated carbocycles. The molecule has 46 heteroatoms. The van der Waals surface area contributed by atoms with E-state index in [-0.39, 0.29) is 127 Å². The Bertz CT molecular complexity index is 3790. The van der Waals surface area contributed by atoms with E-state index >= 15 is 0 Å². The number of phenols is 1. The number of aliphatic hydroxyl groups excluding tert-OH is 2. The minimum atomic E-state index is -1.88. The van der Waals surface area contributed by atoms with Crippen molar-refractivity contribution in [3.05, 3.63) is 29.8 Å². The van der Waals surface area contributed by atoms with E-state index in [2.05, 4.69) is 79.1 Å². The molecule has 0 unspecified atom stereocenters. The van der Waals surface area contributed by atoms with E-state index in [1.807, 2.05) is 0 Å². The van der Waals surface area contributed by atoms with Crippen LogP contribution in [0.3, 0.4) is 0 Å². The van der Waals surface area contributed by atoms with Crippen LogP contribution < -0.4 is 121 Å². The third-order valence-corrected chi connectivity index (χ3v) is 20.9. The first-order valence-electron chi connectivity index (χ1n) is 41.8. The van der Waals surface area contributed by atoms with Gasteiger partial charge in [-0.2, -0.15) is 0 Å². The van der Waals surface area contributed by atoms with Gasteiger partial charge in [-0.05, 0) is 153 Å². The number of likely N-dealkylation sites (tertiary alicyclic amines) is 1. The van der Waals surface area contributed by atoms with Crippen molar-refractivity contribution in [3.8, 4) is 5.75 Å². The molecule has 1 aromatic carbocycles. The molecule has 1 fully saturated rings. The summed E-state index contributed by atoms with van der Waals surface area (Å²) in [6.07, 6.45) is -3.25. The molecule has 0 bridgehead atoms. The summed E-state index contributed by atoms with van der Waals surface area (Å²) in [6, 6.07) is -15.4. The number of carbonyl (C=O) groups excluding carboxylic acids is 16. The van der Waals surface area contributed by atoms with E-state index in [4.69, 9.17) is 51.6 Å². The number of carbonyl (C=O) groups is 17. The highest BCUT2D eigenvalue weighted by Gasteiger charge is 2.43. The number of hydrogen-bond donors (Lipinski definition) is 26. The quantitative estimate of drug-likeness (QED) is 0.0164. The maximum absolute atomic E-state index is 14.5. The zero-order valence-corrected chi connectivity index (χ0v) is 72.2. The molecule has 0 radical (unpaired) electrons. The maximum atomic E-state index is 14.5. The lowest BCUT2D eigenvalue weighted by atomic mass is 9.94. The second-order valence-electron chi connectivity index (χ2n) is 31.1. The van der Waals surface area contributed by atoms with Gasteiger partial charge in [-0.15, -0.1) is 0 Å². The number of nitrogens with two attached hydrogens (primary N) is 9. The zero-order chi connectivity index (χ0) is 93.8. The number of nitrogens with zero attached hydrogens (tertiary/aromatic N) is 3. The van der Waals surface area contributed by atoms with Crippen LogP contribution in [0.25, 0.3) is 0 Å². The summed E-state index contributed by atoms with van der Waals surface area (Å²) < 4.78 is 0. The van der Waals surface area contributed by atoms with Gasteiger partial charge in [0.2, 0.25) is 94.5 Å². The number of aromatic hydroxyl groups is 1. The third-order valence-electron chi connectivity index (χ3n) is 20.9. The van der Waals surface area contributed by atoms with E-state index in [0.717, 1.165) is 13.8 Å². The lowest BCUT2D eigenvalue weighted by molar-refractivity contribution is -0.143. The number of primary amides is 2. The number of aliphatic imine (C=N–C) groups is 2. The topological polar surface area (TPSA) is 790 Å². The van der Waals surface area contributed by atoms with Gasteiger partial charge in [0.15, 0.2) is 11.9 Å². The number of nitrogens with one attached hydrogen (secondary N) is 13. The summed E-state index contributed by atoms with van der Waals surface area (Å²) in [5.74, 6) is -19.1. The Hall–Kier alpha value is -11.6. The number of unbranched alkanes of at least 4 members (excludes halogenated alkanes) is 2. The van der Waals surface area contributed by atoms with Gasteiger partial charge in [0.05, 0.1) is 31.2 Å². The van der Waals surface area contributed by atoms with Gasteiger partial charge in [0.25, 0.3) is 0 Å². The molecule has 16 amide bonds. The van der Waals surface area contributed by atoms with Crippen LogP contribution in [0, 0.1) is 17.8 Å². The average Bonchev–Trinajstić information content (AvgIpc) is 1.62. The van der Waals surface area contributed by atoms with Crippen molar-refractivity contribution in [1.82, 2.24) is 74.0 Å². The SMILES string of the molecule is CC[C@H](C)[C@H](NC(=O)[C@H](CCC(N)=O)NC(=O)[C@H](CCCCN)NC(=O)[C@@H](NC(=O)[C@H](CCCCN)NC(=O)[C@H](C)NC(=O)CNC(=O)[C@H](Cc1ccc(O)cc1)NC(=O)[C@@H](NC(=O)[C@@H](NC(=O)[C@@H]1CCCN1C(=O)[C@@H](N)CC(N)=O)[C@@H](C)CC)[C@@H](C)CC)[C@@H](C)O)C(=O)N[C@@H](CCCN=C(N)N)C(=O)N[C@H](C(=O)N[C@@H](CCCN=C(N)N)C(=O)O)[C@@H](C)O. The van der Waals surface area contributed by atoms with Gasteiger partial charge in [0, 0.05) is 32.5 Å². The van der Waals surface area contributed by atoms with Crippen molar-refractivity contribution < 1.29 is 102 Å². The lowest BCUT2D eigenvalue weighted by Crippen LogP contribution is -2.62. The third kappa shape index (κ3) is 38.8. The van der Waals surface area contributed by atoms with Crippen molar-refractivity contribution >= 4 is 112 Å². The van der Waals surface area contributed by atoms with Crippen LogP contribution in [0.1, 0.15) is 183 Å². The molecule has 1 heterocycles. The molecule has 698 valence electrons. The molecule has 124 heavy (non-hydrogen) atoms. The molecule has 1 aliphatic rings. The van der Waals surface area contributed by atoms with Crippen molar-refractivity contribution in [2.24, 2.45) is 79.3 Å². The number of carboxylic acid groups (broad SMARTS) is 1. The predicted octanol–water partition coefficient (Wildman–Crippen LogP) is -8.30. The van der Waals surface area contributed by atoms with E-state index < -0.39 is 241 Å². The van der Waals surface area contributed by atoms with Crippen molar-refractivity contribution in [2.45, 2.75) is 281 Å². The Morgan fingerprint density at radius 3 is 1.26 bits per heavy atom. The van der Waals surface area contributed by atoms with E-state index in [0.29, 0.717) is 31.2 Å². The van der Waals surface area contributed by atoms with Crippen molar-refractivity contribution in [1.29, 1.82) is 0 Å². The molecule has 1 aromatic rings. The molecular weight excluding hydrogens is 1620 g/mol. The van der Waals surface area contributed by atoms with E-state index in [9.17, 15) is 102 Å². The van der Waals surface area contributed by atoms with Gasteiger partial charge in [0.1, 0.15) is 84.3 Å². The van der Waals surface area contributed by atoms with Gasteiger partial charge in [-0.25, -0.2) is 4.79 Å². The molecule has 35 N–H and O–H groups in total. The first kappa shape index (κ1) is 108. The average molecular weight is 1760 g/mol. The number of amides is 16. The second-order valence-corrected chi connectivity index (χ2v) is 31.1. The number of aliphatic carboxylic acids is 1. The molecule has 0 aliphatic carbocycles. The number of phenolic OH excluding ortho intramolecular Hbond substituents is 1. The molecule has 1 aliphatic heterocycles. The Morgan fingerprint density at radius 1 is 0.452 bits per heavy atom. The summed E-state index contributed by atoms with van der Waals surface area (Å²) >= 11 is 0. The largest absolute Gasteiger partial charge is 0.508 e. The van der Waals surface area contributed by atoms with Crippen LogP contribution in [-0.4, -0.2) is 274 Å². The van der Waals surface area contributed by atoms with Crippen LogP contribution >= 0.6 is 0 Å². The molecule has 19 atom stereocenters. The lowest BCUT2D eigenvalue weighted by Gasteiger charge is -2.32. The summed E-state index contributed by atoms with van der Waals surface area (Å²) in [7, 11) is 0. The molecule has 2 rings (SSSR count). The molecule has 1 saturated heterocycles. The summed E-state index contributed by atoms with van der Waals surface area (Å²) in [4.78, 5) is 243. The highest BCUT2D eigenvalue weighted by molar-refractivity contribution is 6.01. The fraction of sp³-hybridized carbons (Fsp3) is 0.679. The smallest absolute Gasteiger partial charge is 0.326 e. The Balaban J connectivity index is 2.44. The fourth-order valence-electron chi connectivity index (χ4n) is 12.9. The minimum absolute atomic E-state index is 0.0108. The standard InChI is InChI=1S/C78H135N25O21/c1-10-39(4)58(70(117)94-50(22-17-33-88-77(84)85)67(114)102-62(44(9)105)74(121)96-52(76(123)124)23-18-34-89-78(86)87)98-68(115)51(29-30-55(82)107)93-65(112)48(20-13-15-31-79)95-73(120)61(43(8)104)101-66(113)49(21-14-16-32-80)92-63(110)42(7)91-57(109)38-90-64(111)53(36-45-25-27-46(106)28-26-45)97-71(118)59(40(5)11-2)100-72(119)60(41(6)12-3)99-69(116)54-24-19-35-103(54)75(122)47(81)37-56(83)108/h25-28,39-44,47-54,58-62,104-106H,10-24,29-38,79-81H2,1-9H3,(H2,82,107)(H2,83,108)(H,90,111)(H,91,109)(H,92,110)(H,93,112)(H,94,117)(H,95,120)(H,96,121)(H,97,118)(H,98,115)(H,99,116)(H,100,119)(H,101,113)(H,102,114)(H,123,124)(H4,84,85,88)(H4,86,87,89)/t39-,40-,41-,42-,43+,44+,47-,48-,49-,50-,51-,52-,53-,54-,58-,59-,60-,61-,62-/m0/s1. The monoisotopic (exact) mass is 1760 g/mol. The number of rotatable bonds is 59. The first-order chi connectivity index (χ1) is 58.4. The van der Waals surface area contributed by atoms with Crippen LogP contribution in [0.4, 0.5) is 0 Å². The summed E-state index contributed by atoms with van der Waals surface area (Å²) in [5.41, 5.74) is 50.5. The van der Waals surface area contributed by atoms with Gasteiger partial charge in [-0.1, -0.05) is 72.9 Å². The minimum Gasteiger partial charge on any atom is -0.508 e. The Morgan fingerprint density at radius 2 is 0.831 bits per heavy atom. The molecular formula is C78H135N25O21. The van der Waals surface area contributed by atoms with Crippen molar-refractivity contribution in [3.63, 3.8) is 0 Å². The molecule has 0 spiro atoms. The first-order valence-corrected chi connectivity index (χ1v) is 41.8. The van der Waals surface area contributed by atoms with Crippen LogP contribution in [-0.2, 0) is 87.9 Å². The maximum Gasteiger partial charge on any atom is 0.326 e. The van der Waals surface area contributed by atoms with E-state index in [1.165, 1.54) is 36.1 Å². The highest BCUT2D eigenvalue weighted by atomic mass is 16.4. The van der Waals surface area contributed by atoms with Gasteiger partial charge < -0.3 is 146 Å². The fourth-order valence-corrected chi connectivity index (χ4v) is 12.9. The predicted molar refractivity (Wildman–Crippen MR) is 454 cm³/mol. The number of carboxylic acids is 1. The summed E-state index contributed by atoms with van der Waals surface area (Å²) in [5, 5.41) is 74.5. The van der Waals surface area contributed by atoms with Crippen LogP contribution in [0.5, 0.6) is 5.75 Å². The number of guanidine groups is 2. The second kappa shape index (κ2) is 56.2. The number of hydrogen-bond acceptors (Lipinski definition) is 25. The van der Waals surface area contributed by atoms with E-state index in [1.54, 1.807) is 41.5 Å². The van der Waals surface area contributed by atoms with Crippen molar-refractivity contribution in [2.75, 3.05) is 39.3 Å². The Kier molecular flexibility index (Phi) is 49.1. The zero-order valence-electron chi connectivity index (χ0n) is 72.2. The normalized spacial score (nSPS) is 16.7. The molecule has 0 aromatic heterocycles.